The number of hydrogen-bond donors (Lipinski definition) is 1. The fourth-order valence-electron chi connectivity index (χ4n) is 2.38. The summed E-state index contributed by atoms with van der Waals surface area (Å²) in [6.45, 7) is 1.29. The number of anilines is 1. The molecule has 0 spiro atoms. The Morgan fingerprint density at radius 3 is 2.52 bits per heavy atom. The number of nitrogens with one attached hydrogen (secondary N) is 1. The molecule has 27 heavy (non-hydrogen) atoms. The van der Waals surface area contributed by atoms with Crippen LogP contribution in [0, 0.1) is 5.82 Å². The standard InChI is InChI=1S/C19H17FN2O3S2/c1-13(18(23)22-17-10-6-5-9-16(17)20)27(24,25)12-15-11-26-19(21-15)14-7-3-2-4-8-14/h2-11,13H,12H2,1H3,(H,22,23)/t13-/m1/s1. The van der Waals surface area contributed by atoms with Gasteiger partial charge in [-0.1, -0.05) is 42.5 Å². The zero-order valence-electron chi connectivity index (χ0n) is 14.4. The molecule has 8 heteroatoms. The SMILES string of the molecule is C[C@H](C(=O)Nc1ccccc1F)S(=O)(=O)Cc1csc(-c2ccccc2)n1. The molecule has 140 valence electrons. The van der Waals surface area contributed by atoms with E-state index in [1.807, 2.05) is 30.3 Å². The summed E-state index contributed by atoms with van der Waals surface area (Å²) in [6.07, 6.45) is 0. The maximum absolute atomic E-state index is 13.6. The smallest absolute Gasteiger partial charge is 0.242 e. The van der Waals surface area contributed by atoms with Crippen LogP contribution >= 0.6 is 11.3 Å². The first-order chi connectivity index (χ1) is 12.9. The van der Waals surface area contributed by atoms with Gasteiger partial charge in [0.15, 0.2) is 9.84 Å². The number of aromatic nitrogens is 1. The van der Waals surface area contributed by atoms with Crippen molar-refractivity contribution in [1.82, 2.24) is 4.98 Å². The van der Waals surface area contributed by atoms with Gasteiger partial charge in [-0.25, -0.2) is 17.8 Å². The predicted molar refractivity (Wildman–Crippen MR) is 105 cm³/mol. The van der Waals surface area contributed by atoms with Gasteiger partial charge in [0, 0.05) is 10.9 Å². The molecule has 1 aromatic heterocycles. The lowest BCUT2D eigenvalue weighted by atomic mass is 10.2. The Hall–Kier alpha value is -2.58. The van der Waals surface area contributed by atoms with Crippen LogP contribution in [0.2, 0.25) is 0 Å². The van der Waals surface area contributed by atoms with Crippen LogP contribution in [0.5, 0.6) is 0 Å². The fourth-order valence-corrected chi connectivity index (χ4v) is 4.50. The summed E-state index contributed by atoms with van der Waals surface area (Å²) in [5.41, 5.74) is 1.23. The van der Waals surface area contributed by atoms with Gasteiger partial charge in [-0.05, 0) is 19.1 Å². The van der Waals surface area contributed by atoms with Crippen molar-refractivity contribution >= 4 is 32.8 Å². The first-order valence-corrected chi connectivity index (χ1v) is 10.7. The van der Waals surface area contributed by atoms with Gasteiger partial charge in [-0.3, -0.25) is 4.79 Å². The molecule has 0 bridgehead atoms. The maximum Gasteiger partial charge on any atom is 0.242 e. The number of benzene rings is 2. The van der Waals surface area contributed by atoms with Crippen molar-refractivity contribution in [2.45, 2.75) is 17.9 Å². The Labute approximate surface area is 160 Å². The number of carbonyl (C=O) groups is 1. The van der Waals surface area contributed by atoms with E-state index in [0.29, 0.717) is 10.7 Å². The Balaban J connectivity index is 1.71. The van der Waals surface area contributed by atoms with Gasteiger partial charge in [-0.2, -0.15) is 0 Å². The van der Waals surface area contributed by atoms with E-state index in [-0.39, 0.29) is 11.4 Å². The van der Waals surface area contributed by atoms with E-state index < -0.39 is 26.8 Å². The molecule has 0 fully saturated rings. The van der Waals surface area contributed by atoms with E-state index in [1.54, 1.807) is 11.4 Å². The molecular weight excluding hydrogens is 387 g/mol. The average Bonchev–Trinajstić information content (AvgIpc) is 3.11. The molecule has 0 aliphatic carbocycles. The highest BCUT2D eigenvalue weighted by atomic mass is 32.2. The van der Waals surface area contributed by atoms with Crippen LogP contribution < -0.4 is 5.32 Å². The highest BCUT2D eigenvalue weighted by molar-refractivity contribution is 7.92. The summed E-state index contributed by atoms with van der Waals surface area (Å²) in [5.74, 6) is -1.76. The first kappa shape index (κ1) is 19.2. The Morgan fingerprint density at radius 2 is 1.81 bits per heavy atom. The average molecular weight is 404 g/mol. The molecule has 1 amide bonds. The van der Waals surface area contributed by atoms with Crippen LogP contribution in [0.4, 0.5) is 10.1 Å². The van der Waals surface area contributed by atoms with Crippen LogP contribution in [0.15, 0.2) is 60.0 Å². The predicted octanol–water partition coefficient (Wildman–Crippen LogP) is 3.89. The molecule has 3 aromatic rings. The summed E-state index contributed by atoms with van der Waals surface area (Å²) in [5, 5.41) is 3.37. The van der Waals surface area contributed by atoms with Gasteiger partial charge in [0.1, 0.15) is 16.1 Å². The largest absolute Gasteiger partial charge is 0.322 e. The van der Waals surface area contributed by atoms with Gasteiger partial charge in [0.25, 0.3) is 0 Å². The molecule has 0 saturated heterocycles. The van der Waals surface area contributed by atoms with Crippen molar-refractivity contribution in [1.29, 1.82) is 0 Å². The Bertz CT molecular complexity index is 1050. The van der Waals surface area contributed by atoms with E-state index in [1.165, 1.54) is 36.5 Å². The molecule has 0 saturated carbocycles. The molecule has 1 heterocycles. The molecule has 5 nitrogen and oxygen atoms in total. The monoisotopic (exact) mass is 404 g/mol. The molecule has 2 aromatic carbocycles. The quantitative estimate of drug-likeness (QED) is 0.676. The summed E-state index contributed by atoms with van der Waals surface area (Å²) in [4.78, 5) is 16.6. The van der Waals surface area contributed by atoms with Crippen molar-refractivity contribution < 1.29 is 17.6 Å². The number of carbonyl (C=O) groups excluding carboxylic acids is 1. The molecule has 0 radical (unpaired) electrons. The van der Waals surface area contributed by atoms with Crippen LogP contribution in [0.3, 0.4) is 0 Å². The van der Waals surface area contributed by atoms with E-state index in [4.69, 9.17) is 0 Å². The minimum Gasteiger partial charge on any atom is -0.322 e. The van der Waals surface area contributed by atoms with Gasteiger partial charge in [0.05, 0.1) is 17.1 Å². The highest BCUT2D eigenvalue weighted by Gasteiger charge is 2.29. The zero-order valence-corrected chi connectivity index (χ0v) is 16.1. The first-order valence-electron chi connectivity index (χ1n) is 8.13. The number of hydrogen-bond acceptors (Lipinski definition) is 5. The van der Waals surface area contributed by atoms with E-state index in [2.05, 4.69) is 10.3 Å². The minimum absolute atomic E-state index is 0.0513. The normalized spacial score (nSPS) is 12.5. The summed E-state index contributed by atoms with van der Waals surface area (Å²) in [7, 11) is -3.80. The number of para-hydroxylation sites is 1. The molecular formula is C19H17FN2O3S2. The fraction of sp³-hybridized carbons (Fsp3) is 0.158. The Morgan fingerprint density at radius 1 is 1.15 bits per heavy atom. The summed E-state index contributed by atoms with van der Waals surface area (Å²) in [6, 6.07) is 15.0. The third kappa shape index (κ3) is 4.58. The van der Waals surface area contributed by atoms with Gasteiger partial charge >= 0.3 is 0 Å². The van der Waals surface area contributed by atoms with Crippen LogP contribution in [-0.2, 0) is 20.4 Å². The summed E-state index contributed by atoms with van der Waals surface area (Å²) >= 11 is 1.34. The van der Waals surface area contributed by atoms with E-state index >= 15 is 0 Å². The molecule has 1 N–H and O–H groups in total. The molecule has 0 aliphatic rings. The number of thiazole rings is 1. The number of halogens is 1. The van der Waals surface area contributed by atoms with Gasteiger partial charge in [0.2, 0.25) is 5.91 Å². The Kier molecular flexibility index (Phi) is 5.67. The molecule has 0 aliphatic heterocycles. The molecule has 0 unspecified atom stereocenters. The van der Waals surface area contributed by atoms with Crippen molar-refractivity contribution in [2.24, 2.45) is 0 Å². The van der Waals surface area contributed by atoms with Gasteiger partial charge < -0.3 is 5.32 Å². The lowest BCUT2D eigenvalue weighted by Crippen LogP contribution is -2.33. The van der Waals surface area contributed by atoms with Crippen molar-refractivity contribution in [3.63, 3.8) is 0 Å². The molecule has 3 rings (SSSR count). The number of rotatable bonds is 6. The second-order valence-corrected chi connectivity index (χ2v) is 9.11. The van der Waals surface area contributed by atoms with Crippen LogP contribution in [-0.4, -0.2) is 24.6 Å². The molecule has 1 atom stereocenters. The van der Waals surface area contributed by atoms with Crippen molar-refractivity contribution in [3.05, 3.63) is 71.5 Å². The van der Waals surface area contributed by atoms with Crippen LogP contribution in [0.1, 0.15) is 12.6 Å². The maximum atomic E-state index is 13.6. The van der Waals surface area contributed by atoms with E-state index in [9.17, 15) is 17.6 Å². The van der Waals surface area contributed by atoms with Crippen molar-refractivity contribution in [2.75, 3.05) is 5.32 Å². The minimum atomic E-state index is -3.80. The van der Waals surface area contributed by atoms with E-state index in [0.717, 1.165) is 5.56 Å². The lowest BCUT2D eigenvalue weighted by Gasteiger charge is -2.13. The summed E-state index contributed by atoms with van der Waals surface area (Å²) < 4.78 is 38.8. The second-order valence-electron chi connectivity index (χ2n) is 5.93. The van der Waals surface area contributed by atoms with Crippen LogP contribution in [0.25, 0.3) is 10.6 Å². The third-order valence-electron chi connectivity index (χ3n) is 3.96. The third-order valence-corrected chi connectivity index (χ3v) is 6.89. The zero-order chi connectivity index (χ0) is 19.4. The number of nitrogens with zero attached hydrogens (tertiary/aromatic N) is 1. The van der Waals surface area contributed by atoms with Crippen molar-refractivity contribution in [3.8, 4) is 10.6 Å². The highest BCUT2D eigenvalue weighted by Crippen LogP contribution is 2.25. The van der Waals surface area contributed by atoms with Gasteiger partial charge in [-0.15, -0.1) is 11.3 Å². The lowest BCUT2D eigenvalue weighted by molar-refractivity contribution is -0.115. The number of amides is 1. The number of sulfone groups is 1. The second kappa shape index (κ2) is 7.98. The topological polar surface area (TPSA) is 76.1 Å².